The quantitative estimate of drug-likeness (QED) is 0.773. The zero-order valence-corrected chi connectivity index (χ0v) is 11.9. The molecule has 3 aromatic rings. The molecule has 2 N–H and O–H groups in total. The normalized spacial score (nSPS) is 16.4. The van der Waals surface area contributed by atoms with E-state index in [2.05, 4.69) is 47.8 Å². The Bertz CT molecular complexity index is 758. The first-order valence-electron chi connectivity index (χ1n) is 7.01. The van der Waals surface area contributed by atoms with E-state index in [-0.39, 0.29) is 6.04 Å². The van der Waals surface area contributed by atoms with Crippen molar-refractivity contribution in [2.45, 2.75) is 18.9 Å². The second-order valence-corrected chi connectivity index (χ2v) is 6.39. The average Bonchev–Trinajstić information content (AvgIpc) is 3.23. The molecular formula is C17H16N2S. The Labute approximate surface area is 122 Å². The summed E-state index contributed by atoms with van der Waals surface area (Å²) in [4.78, 5) is 4.74. The van der Waals surface area contributed by atoms with Gasteiger partial charge in [0.2, 0.25) is 0 Å². The molecule has 3 heteroatoms. The first kappa shape index (κ1) is 12.1. The standard InChI is InChI=1S/C17H16N2S/c18-16(12-6-7-12)17-19-15(10-20-17)14-8-5-11-3-1-2-4-13(11)9-14/h1-5,8-10,12,16H,6-7,18H2. The molecule has 1 aliphatic carbocycles. The molecule has 4 rings (SSSR count). The van der Waals surface area contributed by atoms with Gasteiger partial charge in [0.15, 0.2) is 0 Å². The number of benzene rings is 2. The third kappa shape index (κ3) is 2.13. The zero-order valence-electron chi connectivity index (χ0n) is 11.1. The second kappa shape index (κ2) is 4.69. The molecule has 20 heavy (non-hydrogen) atoms. The van der Waals surface area contributed by atoms with Gasteiger partial charge in [0, 0.05) is 10.9 Å². The summed E-state index contributed by atoms with van der Waals surface area (Å²) >= 11 is 1.69. The van der Waals surface area contributed by atoms with Crippen LogP contribution in [0.3, 0.4) is 0 Å². The SMILES string of the molecule is NC(c1nc(-c2ccc3ccccc3c2)cs1)C1CC1. The van der Waals surface area contributed by atoms with Crippen LogP contribution in [0.25, 0.3) is 22.0 Å². The highest BCUT2D eigenvalue weighted by Crippen LogP contribution is 2.41. The largest absolute Gasteiger partial charge is 0.322 e. The van der Waals surface area contributed by atoms with E-state index >= 15 is 0 Å². The van der Waals surface area contributed by atoms with Gasteiger partial charge in [-0.2, -0.15) is 0 Å². The van der Waals surface area contributed by atoms with Crippen LogP contribution in [0.1, 0.15) is 23.9 Å². The van der Waals surface area contributed by atoms with Crippen LogP contribution in [-0.4, -0.2) is 4.98 Å². The van der Waals surface area contributed by atoms with Crippen molar-refractivity contribution in [1.29, 1.82) is 0 Å². The van der Waals surface area contributed by atoms with Gasteiger partial charge in [0.25, 0.3) is 0 Å². The Kier molecular flexibility index (Phi) is 2.83. The van der Waals surface area contributed by atoms with Gasteiger partial charge in [-0.3, -0.25) is 0 Å². The van der Waals surface area contributed by atoms with Gasteiger partial charge < -0.3 is 5.73 Å². The lowest BCUT2D eigenvalue weighted by atomic mass is 10.1. The van der Waals surface area contributed by atoms with Crippen molar-refractivity contribution in [2.75, 3.05) is 0 Å². The lowest BCUT2D eigenvalue weighted by Crippen LogP contribution is -2.11. The number of fused-ring (bicyclic) bond motifs is 1. The van der Waals surface area contributed by atoms with E-state index in [1.807, 2.05) is 0 Å². The summed E-state index contributed by atoms with van der Waals surface area (Å²) in [6.07, 6.45) is 2.51. The van der Waals surface area contributed by atoms with Gasteiger partial charge in [0.05, 0.1) is 11.7 Å². The van der Waals surface area contributed by atoms with E-state index < -0.39 is 0 Å². The predicted octanol–water partition coefficient (Wildman–Crippen LogP) is 4.37. The van der Waals surface area contributed by atoms with Crippen molar-refractivity contribution in [3.8, 4) is 11.3 Å². The molecule has 2 aromatic carbocycles. The van der Waals surface area contributed by atoms with Gasteiger partial charge in [-0.1, -0.05) is 36.4 Å². The van der Waals surface area contributed by atoms with E-state index in [9.17, 15) is 0 Å². The van der Waals surface area contributed by atoms with Gasteiger partial charge in [-0.05, 0) is 35.6 Å². The number of nitrogens with two attached hydrogens (primary N) is 1. The molecule has 0 amide bonds. The summed E-state index contributed by atoms with van der Waals surface area (Å²) in [7, 11) is 0. The summed E-state index contributed by atoms with van der Waals surface area (Å²) in [5.41, 5.74) is 8.45. The topological polar surface area (TPSA) is 38.9 Å². The van der Waals surface area contributed by atoms with E-state index in [0.717, 1.165) is 10.7 Å². The Morgan fingerprint density at radius 3 is 2.70 bits per heavy atom. The van der Waals surface area contributed by atoms with Crippen molar-refractivity contribution in [2.24, 2.45) is 11.7 Å². The molecular weight excluding hydrogens is 264 g/mol. The maximum absolute atomic E-state index is 6.23. The summed E-state index contributed by atoms with van der Waals surface area (Å²) in [5, 5.41) is 5.73. The number of rotatable bonds is 3. The van der Waals surface area contributed by atoms with Gasteiger partial charge in [-0.15, -0.1) is 11.3 Å². The van der Waals surface area contributed by atoms with Crippen LogP contribution < -0.4 is 5.73 Å². The molecule has 1 saturated carbocycles. The number of thiazole rings is 1. The molecule has 1 aromatic heterocycles. The molecule has 1 fully saturated rings. The Balaban J connectivity index is 1.71. The molecule has 0 spiro atoms. The molecule has 100 valence electrons. The minimum atomic E-state index is 0.134. The molecule has 1 aliphatic rings. The third-order valence-corrected chi connectivity index (χ3v) is 4.93. The monoisotopic (exact) mass is 280 g/mol. The lowest BCUT2D eigenvalue weighted by Gasteiger charge is -2.05. The van der Waals surface area contributed by atoms with Crippen LogP contribution in [0, 0.1) is 5.92 Å². The van der Waals surface area contributed by atoms with E-state index in [1.165, 1.54) is 29.2 Å². The minimum Gasteiger partial charge on any atom is -0.322 e. The molecule has 1 heterocycles. The molecule has 0 saturated heterocycles. The third-order valence-electron chi connectivity index (χ3n) is 3.98. The van der Waals surface area contributed by atoms with Gasteiger partial charge in [-0.25, -0.2) is 4.98 Å². The van der Waals surface area contributed by atoms with Crippen LogP contribution >= 0.6 is 11.3 Å². The highest BCUT2D eigenvalue weighted by Gasteiger charge is 2.31. The minimum absolute atomic E-state index is 0.134. The average molecular weight is 280 g/mol. The number of hydrogen-bond donors (Lipinski definition) is 1. The summed E-state index contributed by atoms with van der Waals surface area (Å²) in [6, 6.07) is 15.1. The summed E-state index contributed by atoms with van der Waals surface area (Å²) in [5.74, 6) is 0.658. The smallest absolute Gasteiger partial charge is 0.110 e. The maximum atomic E-state index is 6.23. The fourth-order valence-electron chi connectivity index (χ4n) is 2.58. The van der Waals surface area contributed by atoms with Crippen LogP contribution in [-0.2, 0) is 0 Å². The highest BCUT2D eigenvalue weighted by molar-refractivity contribution is 7.10. The van der Waals surface area contributed by atoms with Crippen molar-refractivity contribution >= 4 is 22.1 Å². The van der Waals surface area contributed by atoms with Crippen LogP contribution in [0.4, 0.5) is 0 Å². The fourth-order valence-corrected chi connectivity index (χ4v) is 3.50. The molecule has 2 nitrogen and oxygen atoms in total. The summed E-state index contributed by atoms with van der Waals surface area (Å²) < 4.78 is 0. The Morgan fingerprint density at radius 2 is 1.90 bits per heavy atom. The zero-order chi connectivity index (χ0) is 13.5. The van der Waals surface area contributed by atoms with Gasteiger partial charge >= 0.3 is 0 Å². The molecule has 1 unspecified atom stereocenters. The maximum Gasteiger partial charge on any atom is 0.110 e. The Morgan fingerprint density at radius 1 is 1.10 bits per heavy atom. The van der Waals surface area contributed by atoms with E-state index in [1.54, 1.807) is 11.3 Å². The van der Waals surface area contributed by atoms with E-state index in [0.29, 0.717) is 5.92 Å². The Hall–Kier alpha value is -1.71. The van der Waals surface area contributed by atoms with Crippen LogP contribution in [0.5, 0.6) is 0 Å². The van der Waals surface area contributed by atoms with Crippen molar-refractivity contribution < 1.29 is 0 Å². The predicted molar refractivity (Wildman–Crippen MR) is 84.7 cm³/mol. The molecule has 0 aliphatic heterocycles. The molecule has 0 radical (unpaired) electrons. The molecule has 0 bridgehead atoms. The van der Waals surface area contributed by atoms with Crippen molar-refractivity contribution in [3.05, 3.63) is 52.9 Å². The first-order chi connectivity index (χ1) is 9.81. The lowest BCUT2D eigenvalue weighted by molar-refractivity contribution is 0.629. The fraction of sp³-hybridized carbons (Fsp3) is 0.235. The number of hydrogen-bond acceptors (Lipinski definition) is 3. The highest BCUT2D eigenvalue weighted by atomic mass is 32.1. The number of aromatic nitrogens is 1. The van der Waals surface area contributed by atoms with E-state index in [4.69, 9.17) is 10.7 Å². The van der Waals surface area contributed by atoms with Crippen LogP contribution in [0.2, 0.25) is 0 Å². The first-order valence-corrected chi connectivity index (χ1v) is 7.89. The van der Waals surface area contributed by atoms with Crippen molar-refractivity contribution in [3.63, 3.8) is 0 Å². The molecule has 1 atom stereocenters. The van der Waals surface area contributed by atoms with Gasteiger partial charge in [0.1, 0.15) is 5.01 Å². The summed E-state index contributed by atoms with van der Waals surface area (Å²) in [6.45, 7) is 0. The van der Waals surface area contributed by atoms with Crippen LogP contribution in [0.15, 0.2) is 47.8 Å². The van der Waals surface area contributed by atoms with Crippen molar-refractivity contribution in [1.82, 2.24) is 4.98 Å². The second-order valence-electron chi connectivity index (χ2n) is 5.50. The number of nitrogens with zero attached hydrogens (tertiary/aromatic N) is 1.